The maximum absolute atomic E-state index is 8.74. The molecule has 12 heavy (non-hydrogen) atoms. The van der Waals surface area contributed by atoms with Crippen molar-refractivity contribution in [3.8, 4) is 0 Å². The molecule has 0 unspecified atom stereocenters. The normalized spacial score (nSPS) is 25.2. The van der Waals surface area contributed by atoms with Gasteiger partial charge in [0.05, 0.1) is 11.8 Å². The van der Waals surface area contributed by atoms with Crippen LogP contribution in [0.5, 0.6) is 0 Å². The summed E-state index contributed by atoms with van der Waals surface area (Å²) in [5.74, 6) is 0.528. The molecule has 0 aromatic heterocycles. The van der Waals surface area contributed by atoms with E-state index in [1.54, 1.807) is 0 Å². The van der Waals surface area contributed by atoms with Crippen LogP contribution in [-0.2, 0) is 4.74 Å². The Bertz CT molecular complexity index is 160. The predicted molar refractivity (Wildman–Crippen MR) is 47.7 cm³/mol. The van der Waals surface area contributed by atoms with Crippen LogP contribution in [0.1, 0.15) is 33.1 Å². The van der Waals surface area contributed by atoms with E-state index in [4.69, 9.17) is 9.94 Å². The van der Waals surface area contributed by atoms with Crippen LogP contribution in [0.3, 0.4) is 0 Å². The summed E-state index contributed by atoms with van der Waals surface area (Å²) in [6.07, 6.45) is 3.01. The van der Waals surface area contributed by atoms with Gasteiger partial charge in [0.25, 0.3) is 0 Å². The van der Waals surface area contributed by atoms with Gasteiger partial charge in [-0.2, -0.15) is 0 Å². The van der Waals surface area contributed by atoms with Crippen molar-refractivity contribution in [2.75, 3.05) is 6.61 Å². The topological polar surface area (TPSA) is 41.8 Å². The van der Waals surface area contributed by atoms with Gasteiger partial charge in [0.1, 0.15) is 0 Å². The third-order valence-corrected chi connectivity index (χ3v) is 2.05. The highest BCUT2D eigenvalue weighted by molar-refractivity contribution is 5.88. The Balaban J connectivity index is 2.44. The van der Waals surface area contributed by atoms with Gasteiger partial charge in [-0.25, -0.2) is 0 Å². The van der Waals surface area contributed by atoms with Crippen molar-refractivity contribution in [1.82, 2.24) is 0 Å². The zero-order valence-electron chi connectivity index (χ0n) is 7.79. The lowest BCUT2D eigenvalue weighted by Crippen LogP contribution is -2.21. The van der Waals surface area contributed by atoms with Crippen molar-refractivity contribution in [1.29, 1.82) is 0 Å². The van der Waals surface area contributed by atoms with Crippen LogP contribution in [0.2, 0.25) is 0 Å². The Morgan fingerprint density at radius 2 is 2.42 bits per heavy atom. The van der Waals surface area contributed by atoms with E-state index >= 15 is 0 Å². The van der Waals surface area contributed by atoms with Gasteiger partial charge < -0.3 is 9.94 Å². The maximum Gasteiger partial charge on any atom is 0.0989 e. The van der Waals surface area contributed by atoms with Crippen LogP contribution in [0.25, 0.3) is 0 Å². The summed E-state index contributed by atoms with van der Waals surface area (Å²) in [6, 6.07) is 0. The van der Waals surface area contributed by atoms with Gasteiger partial charge in [-0.05, 0) is 25.2 Å². The molecular weight excluding hydrogens is 154 g/mol. The molecule has 1 atom stereocenters. The summed E-state index contributed by atoms with van der Waals surface area (Å²) in [4.78, 5) is 0. The van der Waals surface area contributed by atoms with Crippen LogP contribution in [0.4, 0.5) is 0 Å². The molecular formula is C9H17NO2. The molecule has 0 aliphatic carbocycles. The second kappa shape index (κ2) is 4.45. The van der Waals surface area contributed by atoms with Crippen LogP contribution in [-0.4, -0.2) is 23.6 Å². The number of nitrogens with zero attached hydrogens (tertiary/aromatic N) is 1. The van der Waals surface area contributed by atoms with Crippen molar-refractivity contribution in [3.05, 3.63) is 0 Å². The molecule has 1 aliphatic heterocycles. The predicted octanol–water partition coefficient (Wildman–Crippen LogP) is 2.04. The first-order chi connectivity index (χ1) is 5.74. The first-order valence-corrected chi connectivity index (χ1v) is 4.56. The molecule has 1 saturated heterocycles. The molecule has 0 amide bonds. The van der Waals surface area contributed by atoms with E-state index in [1.807, 2.05) is 0 Å². The van der Waals surface area contributed by atoms with Gasteiger partial charge in [-0.3, -0.25) is 0 Å². The molecule has 70 valence electrons. The van der Waals surface area contributed by atoms with Crippen molar-refractivity contribution in [2.24, 2.45) is 11.1 Å². The lowest BCUT2D eigenvalue weighted by atomic mass is 10.0. The van der Waals surface area contributed by atoms with Crippen molar-refractivity contribution < 1.29 is 9.94 Å². The van der Waals surface area contributed by atoms with E-state index in [-0.39, 0.29) is 6.10 Å². The number of ether oxygens (including phenoxy) is 1. The standard InChI is InChI=1S/C9H17NO2/c1-7(2)6-8(10-11)9-4-3-5-12-9/h7,9,11H,3-6H2,1-2H3/b10-8+/t9-/m1/s1. The summed E-state index contributed by atoms with van der Waals surface area (Å²) in [5.41, 5.74) is 0.808. The Morgan fingerprint density at radius 3 is 2.83 bits per heavy atom. The maximum atomic E-state index is 8.74. The Hall–Kier alpha value is -0.570. The summed E-state index contributed by atoms with van der Waals surface area (Å²) < 4.78 is 5.42. The molecule has 0 aromatic carbocycles. The van der Waals surface area contributed by atoms with Gasteiger partial charge in [0.2, 0.25) is 0 Å². The highest BCUT2D eigenvalue weighted by Gasteiger charge is 2.22. The molecule has 1 N–H and O–H groups in total. The smallest absolute Gasteiger partial charge is 0.0989 e. The molecule has 1 heterocycles. The lowest BCUT2D eigenvalue weighted by molar-refractivity contribution is 0.152. The number of oxime groups is 1. The highest BCUT2D eigenvalue weighted by atomic mass is 16.5. The summed E-state index contributed by atoms with van der Waals surface area (Å²) in [6.45, 7) is 5.03. The molecule has 3 heteroatoms. The largest absolute Gasteiger partial charge is 0.411 e. The lowest BCUT2D eigenvalue weighted by Gasteiger charge is -2.12. The zero-order chi connectivity index (χ0) is 8.97. The number of hydrogen-bond acceptors (Lipinski definition) is 3. The molecule has 0 spiro atoms. The van der Waals surface area contributed by atoms with Crippen molar-refractivity contribution in [2.45, 2.75) is 39.2 Å². The Labute approximate surface area is 73.4 Å². The molecule has 0 bridgehead atoms. The van der Waals surface area contributed by atoms with Gasteiger partial charge >= 0.3 is 0 Å². The van der Waals surface area contributed by atoms with Crippen molar-refractivity contribution >= 4 is 5.71 Å². The van der Waals surface area contributed by atoms with Gasteiger partial charge in [0, 0.05) is 6.61 Å². The fourth-order valence-electron chi connectivity index (χ4n) is 1.50. The molecule has 1 fully saturated rings. The fraction of sp³-hybridized carbons (Fsp3) is 0.889. The van der Waals surface area contributed by atoms with E-state index in [2.05, 4.69) is 19.0 Å². The van der Waals surface area contributed by atoms with E-state index in [0.29, 0.717) is 5.92 Å². The van der Waals surface area contributed by atoms with Gasteiger partial charge in [0.15, 0.2) is 0 Å². The second-order valence-corrected chi connectivity index (χ2v) is 3.69. The fourth-order valence-corrected chi connectivity index (χ4v) is 1.50. The average Bonchev–Trinajstić information content (AvgIpc) is 2.51. The minimum Gasteiger partial charge on any atom is -0.411 e. The molecule has 1 aliphatic rings. The summed E-state index contributed by atoms with van der Waals surface area (Å²) >= 11 is 0. The second-order valence-electron chi connectivity index (χ2n) is 3.69. The van der Waals surface area contributed by atoms with E-state index in [9.17, 15) is 0 Å². The molecule has 0 saturated carbocycles. The zero-order valence-corrected chi connectivity index (χ0v) is 7.79. The average molecular weight is 171 g/mol. The van der Waals surface area contributed by atoms with Crippen LogP contribution < -0.4 is 0 Å². The molecule has 0 radical (unpaired) electrons. The molecule has 1 rings (SSSR count). The number of hydrogen-bond donors (Lipinski definition) is 1. The first-order valence-electron chi connectivity index (χ1n) is 4.56. The SMILES string of the molecule is CC(C)C/C(=N\O)[C@H]1CCCO1. The van der Waals surface area contributed by atoms with Gasteiger partial charge in [-0.15, -0.1) is 0 Å². The molecule has 0 aromatic rings. The minimum atomic E-state index is 0.0809. The van der Waals surface area contributed by atoms with Crippen LogP contribution >= 0.6 is 0 Å². The van der Waals surface area contributed by atoms with Crippen LogP contribution in [0.15, 0.2) is 5.16 Å². The van der Waals surface area contributed by atoms with Gasteiger partial charge in [-0.1, -0.05) is 19.0 Å². The van der Waals surface area contributed by atoms with Crippen LogP contribution in [0, 0.1) is 5.92 Å². The summed E-state index contributed by atoms with van der Waals surface area (Å²) in [7, 11) is 0. The third-order valence-electron chi connectivity index (χ3n) is 2.05. The highest BCUT2D eigenvalue weighted by Crippen LogP contribution is 2.17. The van der Waals surface area contributed by atoms with E-state index < -0.39 is 0 Å². The van der Waals surface area contributed by atoms with E-state index in [0.717, 1.165) is 31.6 Å². The minimum absolute atomic E-state index is 0.0809. The first kappa shape index (κ1) is 9.52. The number of rotatable bonds is 3. The third kappa shape index (κ3) is 2.48. The quantitative estimate of drug-likeness (QED) is 0.401. The summed E-state index contributed by atoms with van der Waals surface area (Å²) in [5, 5.41) is 12.0. The Morgan fingerprint density at radius 1 is 1.67 bits per heavy atom. The van der Waals surface area contributed by atoms with Crippen molar-refractivity contribution in [3.63, 3.8) is 0 Å². The van der Waals surface area contributed by atoms with E-state index in [1.165, 1.54) is 0 Å². The Kier molecular flexibility index (Phi) is 3.53. The monoisotopic (exact) mass is 171 g/mol. The molecule has 3 nitrogen and oxygen atoms in total.